The second-order valence-corrected chi connectivity index (χ2v) is 6.79. The van der Waals surface area contributed by atoms with Gasteiger partial charge in [-0.3, -0.25) is 0 Å². The van der Waals surface area contributed by atoms with Gasteiger partial charge in [-0.15, -0.1) is 0 Å². The van der Waals surface area contributed by atoms with E-state index >= 15 is 0 Å². The van der Waals surface area contributed by atoms with Gasteiger partial charge in [-0.1, -0.05) is 43.3 Å². The van der Waals surface area contributed by atoms with E-state index in [0.717, 1.165) is 23.4 Å². The van der Waals surface area contributed by atoms with Gasteiger partial charge in [0.15, 0.2) is 0 Å². The van der Waals surface area contributed by atoms with Crippen molar-refractivity contribution in [1.82, 2.24) is 9.97 Å². The Morgan fingerprint density at radius 2 is 2.04 bits per heavy atom. The van der Waals surface area contributed by atoms with E-state index in [1.54, 1.807) is 12.5 Å². The van der Waals surface area contributed by atoms with Gasteiger partial charge in [0.05, 0.1) is 6.33 Å². The van der Waals surface area contributed by atoms with Crippen LogP contribution in [0, 0.1) is 0 Å². The molecule has 1 aromatic heterocycles. The molecule has 0 radical (unpaired) electrons. The Hall–Kier alpha value is -3.08. The van der Waals surface area contributed by atoms with Crippen LogP contribution in [0.3, 0.4) is 0 Å². The molecule has 0 unspecified atom stereocenters. The summed E-state index contributed by atoms with van der Waals surface area (Å²) in [6.45, 7) is 1.90. The molecule has 2 aromatic carbocycles. The highest BCUT2D eigenvalue weighted by molar-refractivity contribution is 5.87. The van der Waals surface area contributed by atoms with Crippen molar-refractivity contribution in [2.45, 2.75) is 31.7 Å². The molecule has 0 amide bonds. The van der Waals surface area contributed by atoms with Gasteiger partial charge >= 0.3 is 5.97 Å². The number of carboxylic acid groups (broad SMARTS) is 1. The van der Waals surface area contributed by atoms with Crippen molar-refractivity contribution in [2.75, 3.05) is 5.32 Å². The summed E-state index contributed by atoms with van der Waals surface area (Å²) in [5.74, 6) is -0.859. The number of aromatic amines is 1. The largest absolute Gasteiger partial charge is 0.479 e. The Bertz CT molecular complexity index is 950. The first-order valence-electron chi connectivity index (χ1n) is 8.82. The lowest BCUT2D eigenvalue weighted by molar-refractivity contribution is -0.142. The molecule has 1 aliphatic rings. The van der Waals surface area contributed by atoms with Crippen molar-refractivity contribution >= 4 is 11.7 Å². The van der Waals surface area contributed by atoms with Gasteiger partial charge in [0.1, 0.15) is 5.54 Å². The predicted octanol–water partition coefficient (Wildman–Crippen LogP) is 3.87. The molecule has 5 nitrogen and oxygen atoms in total. The van der Waals surface area contributed by atoms with Gasteiger partial charge in [0.2, 0.25) is 0 Å². The summed E-state index contributed by atoms with van der Waals surface area (Å²) in [5.41, 5.74) is 5.47. The summed E-state index contributed by atoms with van der Waals surface area (Å²) >= 11 is 0. The quantitative estimate of drug-likeness (QED) is 0.495. The molecule has 1 aliphatic carbocycles. The fourth-order valence-electron chi connectivity index (χ4n) is 3.78. The van der Waals surface area contributed by atoms with E-state index in [2.05, 4.69) is 33.5 Å². The van der Waals surface area contributed by atoms with Crippen LogP contribution in [0.1, 0.15) is 30.2 Å². The molecule has 4 rings (SSSR count). The number of anilines is 1. The van der Waals surface area contributed by atoms with Crippen LogP contribution in [0.25, 0.3) is 11.1 Å². The van der Waals surface area contributed by atoms with Gasteiger partial charge in [-0.05, 0) is 34.7 Å². The zero-order chi connectivity index (χ0) is 18.1. The van der Waals surface area contributed by atoms with Gasteiger partial charge in [0, 0.05) is 30.4 Å². The maximum Gasteiger partial charge on any atom is 0.329 e. The highest BCUT2D eigenvalue weighted by Crippen LogP contribution is 2.41. The van der Waals surface area contributed by atoms with Crippen molar-refractivity contribution < 1.29 is 9.90 Å². The number of nitrogens with one attached hydrogen (secondary N) is 2. The summed E-state index contributed by atoms with van der Waals surface area (Å²) in [5, 5.41) is 13.4. The molecule has 1 atom stereocenters. The summed E-state index contributed by atoms with van der Waals surface area (Å²) in [7, 11) is 0. The minimum Gasteiger partial charge on any atom is -0.479 e. The summed E-state index contributed by atoms with van der Waals surface area (Å²) in [6.07, 6.45) is 4.88. The van der Waals surface area contributed by atoms with E-state index in [1.807, 2.05) is 31.2 Å². The number of H-pyrrole nitrogens is 1. The van der Waals surface area contributed by atoms with Crippen molar-refractivity contribution in [1.29, 1.82) is 0 Å². The van der Waals surface area contributed by atoms with E-state index in [-0.39, 0.29) is 0 Å². The average Bonchev–Trinajstić information content (AvgIpc) is 3.28. The number of carboxylic acids is 1. The van der Waals surface area contributed by atoms with Crippen LogP contribution in [0.4, 0.5) is 5.69 Å². The van der Waals surface area contributed by atoms with Crippen LogP contribution in [0.2, 0.25) is 0 Å². The number of fused-ring (bicyclic) bond motifs is 3. The number of benzene rings is 2. The number of hydrogen-bond donors (Lipinski definition) is 3. The van der Waals surface area contributed by atoms with Crippen LogP contribution in [-0.2, 0) is 17.6 Å². The number of aliphatic carboxylic acids is 1. The smallest absolute Gasteiger partial charge is 0.329 e. The van der Waals surface area contributed by atoms with Gasteiger partial charge in [-0.2, -0.15) is 0 Å². The minimum atomic E-state index is -1.09. The Balaban J connectivity index is 1.73. The number of imidazole rings is 1. The standard InChI is InChI=1S/C21H21N3O2/c1-2-21(20(25)26,11-15-12-22-13-23-15)24-19-9-5-8-17-16-7-4-3-6-14(16)10-18(17)19/h3-9,12-13,24H,2,10-11H2,1H3,(H,22,23)(H,25,26)/t21-/m0/s1. The Morgan fingerprint density at radius 1 is 1.23 bits per heavy atom. The third-order valence-electron chi connectivity index (χ3n) is 5.28. The van der Waals surface area contributed by atoms with Gasteiger partial charge < -0.3 is 15.4 Å². The van der Waals surface area contributed by atoms with E-state index in [1.165, 1.54) is 16.7 Å². The molecule has 0 saturated heterocycles. The molecule has 5 heteroatoms. The maximum atomic E-state index is 12.2. The number of rotatable bonds is 6. The second kappa shape index (κ2) is 6.33. The molecule has 132 valence electrons. The van der Waals surface area contributed by atoms with Crippen molar-refractivity contribution in [2.24, 2.45) is 0 Å². The molecule has 0 fully saturated rings. The van der Waals surface area contributed by atoms with E-state index < -0.39 is 11.5 Å². The van der Waals surface area contributed by atoms with Crippen LogP contribution in [-0.4, -0.2) is 26.6 Å². The number of nitrogens with zero attached hydrogens (tertiary/aromatic N) is 1. The first-order chi connectivity index (χ1) is 12.6. The second-order valence-electron chi connectivity index (χ2n) is 6.79. The van der Waals surface area contributed by atoms with E-state index in [4.69, 9.17) is 0 Å². The Morgan fingerprint density at radius 3 is 2.77 bits per heavy atom. The van der Waals surface area contributed by atoms with Crippen LogP contribution >= 0.6 is 0 Å². The summed E-state index contributed by atoms with van der Waals surface area (Å²) in [4.78, 5) is 19.2. The van der Waals surface area contributed by atoms with Crippen molar-refractivity contribution in [3.63, 3.8) is 0 Å². The predicted molar refractivity (Wildman–Crippen MR) is 101 cm³/mol. The Labute approximate surface area is 152 Å². The van der Waals surface area contributed by atoms with Crippen molar-refractivity contribution in [3.05, 3.63) is 71.8 Å². The molecular formula is C21H21N3O2. The zero-order valence-corrected chi connectivity index (χ0v) is 14.6. The average molecular weight is 347 g/mol. The topological polar surface area (TPSA) is 78.0 Å². The zero-order valence-electron chi connectivity index (χ0n) is 14.6. The Kier molecular flexibility index (Phi) is 3.99. The van der Waals surface area contributed by atoms with Gasteiger partial charge in [-0.25, -0.2) is 9.78 Å². The summed E-state index contributed by atoms with van der Waals surface area (Å²) in [6, 6.07) is 14.4. The summed E-state index contributed by atoms with van der Waals surface area (Å²) < 4.78 is 0. The highest BCUT2D eigenvalue weighted by atomic mass is 16.4. The van der Waals surface area contributed by atoms with E-state index in [0.29, 0.717) is 12.8 Å². The highest BCUT2D eigenvalue weighted by Gasteiger charge is 2.38. The number of aromatic nitrogens is 2. The molecule has 0 bridgehead atoms. The van der Waals surface area contributed by atoms with Crippen LogP contribution < -0.4 is 5.32 Å². The molecule has 26 heavy (non-hydrogen) atoms. The molecule has 0 spiro atoms. The number of carbonyl (C=O) groups is 1. The first-order valence-corrected chi connectivity index (χ1v) is 8.82. The van der Waals surface area contributed by atoms with E-state index in [9.17, 15) is 9.90 Å². The minimum absolute atomic E-state index is 0.343. The molecule has 0 aliphatic heterocycles. The van der Waals surface area contributed by atoms with Gasteiger partial charge in [0.25, 0.3) is 0 Å². The fraction of sp³-hybridized carbons (Fsp3) is 0.238. The molecule has 3 aromatic rings. The van der Waals surface area contributed by atoms with Crippen molar-refractivity contribution in [3.8, 4) is 11.1 Å². The lowest BCUT2D eigenvalue weighted by Crippen LogP contribution is -2.48. The lowest BCUT2D eigenvalue weighted by Gasteiger charge is -2.31. The molecule has 3 N–H and O–H groups in total. The monoisotopic (exact) mass is 347 g/mol. The van der Waals surface area contributed by atoms with Crippen LogP contribution in [0.15, 0.2) is 55.0 Å². The lowest BCUT2D eigenvalue weighted by atomic mass is 9.89. The third-order valence-corrected chi connectivity index (χ3v) is 5.28. The third kappa shape index (κ3) is 2.65. The molecule has 0 saturated carbocycles. The first kappa shape index (κ1) is 16.4. The molecular weight excluding hydrogens is 326 g/mol. The normalized spacial score (nSPS) is 14.3. The molecule has 1 heterocycles. The van der Waals surface area contributed by atoms with Crippen LogP contribution in [0.5, 0.6) is 0 Å². The SMILES string of the molecule is CC[C@@](Cc1cnc[nH]1)(Nc1cccc2c1Cc1ccccc1-2)C(=O)O. The fourth-order valence-corrected chi connectivity index (χ4v) is 3.78. The maximum absolute atomic E-state index is 12.2. The number of hydrogen-bond acceptors (Lipinski definition) is 3.